The molecule has 1 unspecified atom stereocenters. The highest BCUT2D eigenvalue weighted by Crippen LogP contribution is 2.31. The third kappa shape index (κ3) is 5.93. The van der Waals surface area contributed by atoms with Crippen molar-refractivity contribution in [3.8, 4) is 11.3 Å². The SMILES string of the molecule is Cl.Cl.NC(CNC(=O)CCc1ncc(-c2ccc(F)cc2F)o1)C1CC1. The minimum atomic E-state index is -0.718. The van der Waals surface area contributed by atoms with Gasteiger partial charge in [0, 0.05) is 31.5 Å². The lowest BCUT2D eigenvalue weighted by Crippen LogP contribution is -2.38. The molecule has 1 heterocycles. The van der Waals surface area contributed by atoms with Crippen molar-refractivity contribution in [3.63, 3.8) is 0 Å². The van der Waals surface area contributed by atoms with Gasteiger partial charge in [-0.1, -0.05) is 0 Å². The molecule has 1 atom stereocenters. The molecular weight excluding hydrogens is 387 g/mol. The van der Waals surface area contributed by atoms with Gasteiger partial charge in [-0.3, -0.25) is 4.79 Å². The number of carbonyl (C=O) groups excluding carboxylic acids is 1. The highest BCUT2D eigenvalue weighted by atomic mass is 35.5. The van der Waals surface area contributed by atoms with E-state index in [0.717, 1.165) is 25.0 Å². The number of benzene rings is 1. The number of nitrogens with two attached hydrogens (primary N) is 1. The lowest BCUT2D eigenvalue weighted by Gasteiger charge is -2.10. The van der Waals surface area contributed by atoms with Gasteiger partial charge >= 0.3 is 0 Å². The summed E-state index contributed by atoms with van der Waals surface area (Å²) in [5, 5.41) is 2.79. The van der Waals surface area contributed by atoms with E-state index in [1.165, 1.54) is 12.3 Å². The molecule has 1 fully saturated rings. The number of nitrogens with one attached hydrogen (secondary N) is 1. The standard InChI is InChI=1S/C17H19F2N3O2.2ClH/c18-11-3-4-12(13(19)7-11)15-9-22-17(24-15)6-5-16(23)21-8-14(20)10-1-2-10;;/h3-4,7,9-10,14H,1-2,5-6,8,20H2,(H,21,23);2*1H. The van der Waals surface area contributed by atoms with Crippen LogP contribution >= 0.6 is 24.8 Å². The molecular formula is C17H21Cl2F2N3O2. The highest BCUT2D eigenvalue weighted by molar-refractivity contribution is 5.85. The summed E-state index contributed by atoms with van der Waals surface area (Å²) in [6.45, 7) is 0.473. The lowest BCUT2D eigenvalue weighted by molar-refractivity contribution is -0.121. The van der Waals surface area contributed by atoms with E-state index in [-0.39, 0.29) is 54.5 Å². The number of aromatic nitrogens is 1. The Morgan fingerprint density at radius 2 is 2.08 bits per heavy atom. The quantitative estimate of drug-likeness (QED) is 0.737. The molecule has 3 rings (SSSR count). The summed E-state index contributed by atoms with van der Waals surface area (Å²) in [4.78, 5) is 15.8. The van der Waals surface area contributed by atoms with E-state index in [0.29, 0.717) is 24.8 Å². The predicted molar refractivity (Wildman–Crippen MR) is 98.4 cm³/mol. The minimum absolute atomic E-state index is 0. The second-order valence-corrected chi connectivity index (χ2v) is 6.05. The molecule has 1 aliphatic carbocycles. The number of nitrogens with zero attached hydrogens (tertiary/aromatic N) is 1. The van der Waals surface area contributed by atoms with Crippen LogP contribution in [0.2, 0.25) is 0 Å². The fourth-order valence-electron chi connectivity index (χ4n) is 2.47. The molecule has 1 aliphatic rings. The Morgan fingerprint density at radius 1 is 1.35 bits per heavy atom. The molecule has 1 aromatic heterocycles. The molecule has 0 aliphatic heterocycles. The van der Waals surface area contributed by atoms with Crippen LogP contribution in [-0.4, -0.2) is 23.5 Å². The Labute approximate surface area is 162 Å². The molecule has 5 nitrogen and oxygen atoms in total. The minimum Gasteiger partial charge on any atom is -0.441 e. The van der Waals surface area contributed by atoms with Gasteiger partial charge in [-0.25, -0.2) is 13.8 Å². The Hall–Kier alpha value is -1.70. The average Bonchev–Trinajstić information content (AvgIpc) is 3.30. The van der Waals surface area contributed by atoms with E-state index in [4.69, 9.17) is 10.2 Å². The molecule has 3 N–H and O–H groups in total. The molecule has 2 aromatic rings. The van der Waals surface area contributed by atoms with Gasteiger partial charge in [0.25, 0.3) is 0 Å². The molecule has 1 saturated carbocycles. The zero-order valence-corrected chi connectivity index (χ0v) is 15.5. The maximum atomic E-state index is 13.7. The van der Waals surface area contributed by atoms with Crippen molar-refractivity contribution in [3.05, 3.63) is 41.9 Å². The second-order valence-electron chi connectivity index (χ2n) is 6.05. The van der Waals surface area contributed by atoms with E-state index in [1.54, 1.807) is 0 Å². The van der Waals surface area contributed by atoms with Crippen LogP contribution in [0.25, 0.3) is 11.3 Å². The van der Waals surface area contributed by atoms with Crippen molar-refractivity contribution in [2.75, 3.05) is 6.54 Å². The third-order valence-corrected chi connectivity index (χ3v) is 4.08. The summed E-state index contributed by atoms with van der Waals surface area (Å²) in [6, 6.07) is 3.25. The largest absolute Gasteiger partial charge is 0.441 e. The first-order valence-electron chi connectivity index (χ1n) is 7.95. The maximum absolute atomic E-state index is 13.7. The first-order chi connectivity index (χ1) is 11.5. The zero-order valence-electron chi connectivity index (χ0n) is 13.9. The number of hydrogen-bond donors (Lipinski definition) is 2. The maximum Gasteiger partial charge on any atom is 0.220 e. The van der Waals surface area contributed by atoms with Gasteiger partial charge in [0.05, 0.1) is 11.8 Å². The summed E-state index contributed by atoms with van der Waals surface area (Å²) in [7, 11) is 0. The average molecular weight is 408 g/mol. The third-order valence-electron chi connectivity index (χ3n) is 4.08. The van der Waals surface area contributed by atoms with Gasteiger partial charge in [-0.15, -0.1) is 24.8 Å². The van der Waals surface area contributed by atoms with Crippen molar-refractivity contribution in [2.24, 2.45) is 11.7 Å². The van der Waals surface area contributed by atoms with Crippen LogP contribution in [0, 0.1) is 17.6 Å². The first-order valence-corrected chi connectivity index (χ1v) is 7.95. The summed E-state index contributed by atoms with van der Waals surface area (Å²) in [5.41, 5.74) is 6.05. The highest BCUT2D eigenvalue weighted by Gasteiger charge is 2.28. The molecule has 1 amide bonds. The summed E-state index contributed by atoms with van der Waals surface area (Å²) in [5.74, 6) is -0.431. The number of halogens is 4. The van der Waals surface area contributed by atoms with Crippen LogP contribution < -0.4 is 11.1 Å². The predicted octanol–water partition coefficient (Wildman–Crippen LogP) is 3.25. The van der Waals surface area contributed by atoms with Crippen molar-refractivity contribution >= 4 is 30.7 Å². The summed E-state index contributed by atoms with van der Waals surface area (Å²) in [6.07, 6.45) is 4.15. The van der Waals surface area contributed by atoms with E-state index in [1.807, 2.05) is 0 Å². The van der Waals surface area contributed by atoms with Gasteiger partial charge in [0.2, 0.25) is 5.91 Å². The normalized spacial score (nSPS) is 14.1. The Balaban J connectivity index is 0.00000169. The van der Waals surface area contributed by atoms with Crippen LogP contribution in [0.3, 0.4) is 0 Å². The van der Waals surface area contributed by atoms with Crippen LogP contribution in [0.1, 0.15) is 25.2 Å². The van der Waals surface area contributed by atoms with E-state index >= 15 is 0 Å². The molecule has 0 bridgehead atoms. The fourth-order valence-corrected chi connectivity index (χ4v) is 2.47. The van der Waals surface area contributed by atoms with Gasteiger partial charge in [-0.2, -0.15) is 0 Å². The fraction of sp³-hybridized carbons (Fsp3) is 0.412. The molecule has 0 radical (unpaired) electrons. The zero-order chi connectivity index (χ0) is 17.1. The van der Waals surface area contributed by atoms with Crippen molar-refractivity contribution in [1.82, 2.24) is 10.3 Å². The van der Waals surface area contributed by atoms with Crippen LogP contribution in [0.15, 0.2) is 28.8 Å². The molecule has 9 heteroatoms. The Kier molecular flexibility index (Phi) is 8.46. The monoisotopic (exact) mass is 407 g/mol. The van der Waals surface area contributed by atoms with E-state index in [9.17, 15) is 13.6 Å². The number of rotatable bonds is 7. The topological polar surface area (TPSA) is 81.1 Å². The molecule has 144 valence electrons. The summed E-state index contributed by atoms with van der Waals surface area (Å²) >= 11 is 0. The van der Waals surface area contributed by atoms with Gasteiger partial charge in [0.15, 0.2) is 11.7 Å². The van der Waals surface area contributed by atoms with Crippen molar-refractivity contribution in [2.45, 2.75) is 31.7 Å². The first kappa shape index (κ1) is 22.3. The summed E-state index contributed by atoms with van der Waals surface area (Å²) < 4.78 is 32.1. The number of amides is 1. The number of aryl methyl sites for hydroxylation is 1. The Bertz CT molecular complexity index is 739. The molecule has 0 spiro atoms. The Morgan fingerprint density at radius 3 is 2.73 bits per heavy atom. The van der Waals surface area contributed by atoms with Gasteiger partial charge in [0.1, 0.15) is 11.6 Å². The smallest absolute Gasteiger partial charge is 0.220 e. The van der Waals surface area contributed by atoms with E-state index < -0.39 is 11.6 Å². The number of oxazole rings is 1. The lowest BCUT2D eigenvalue weighted by atomic mass is 10.2. The van der Waals surface area contributed by atoms with Crippen LogP contribution in [0.4, 0.5) is 8.78 Å². The van der Waals surface area contributed by atoms with Crippen LogP contribution in [-0.2, 0) is 11.2 Å². The number of hydrogen-bond acceptors (Lipinski definition) is 4. The second kappa shape index (κ2) is 9.85. The molecule has 0 saturated heterocycles. The van der Waals surface area contributed by atoms with Gasteiger partial charge in [-0.05, 0) is 30.9 Å². The van der Waals surface area contributed by atoms with Crippen LogP contribution in [0.5, 0.6) is 0 Å². The van der Waals surface area contributed by atoms with E-state index in [2.05, 4.69) is 10.3 Å². The molecule has 1 aromatic carbocycles. The van der Waals surface area contributed by atoms with Gasteiger partial charge < -0.3 is 15.5 Å². The number of carbonyl (C=O) groups is 1. The van der Waals surface area contributed by atoms with Crippen molar-refractivity contribution < 1.29 is 18.0 Å². The van der Waals surface area contributed by atoms with Crippen molar-refractivity contribution in [1.29, 1.82) is 0 Å². The molecule has 26 heavy (non-hydrogen) atoms.